The first-order valence-corrected chi connectivity index (χ1v) is 5.79. The number of hydrogen-bond acceptors (Lipinski definition) is 4. The zero-order valence-corrected chi connectivity index (χ0v) is 9.80. The molecule has 1 aromatic carbocycles. The van der Waals surface area contributed by atoms with Crippen molar-refractivity contribution in [2.75, 3.05) is 13.2 Å². The molecule has 0 aromatic heterocycles. The Kier molecular flexibility index (Phi) is 3.76. The molecule has 0 spiro atoms. The summed E-state index contributed by atoms with van der Waals surface area (Å²) in [5, 5.41) is 13.4. The molecule has 0 aliphatic heterocycles. The molecule has 0 atom stereocenters. The Balaban J connectivity index is 1.84. The van der Waals surface area contributed by atoms with Gasteiger partial charge in [-0.2, -0.15) is 0 Å². The summed E-state index contributed by atoms with van der Waals surface area (Å²) in [5.41, 5.74) is -0.132. The van der Waals surface area contributed by atoms with E-state index in [0.717, 1.165) is 12.8 Å². The van der Waals surface area contributed by atoms with E-state index in [0.29, 0.717) is 12.5 Å². The highest BCUT2D eigenvalue weighted by Crippen LogP contribution is 2.27. The number of nitrogens with one attached hydrogen (secondary N) is 1. The lowest BCUT2D eigenvalue weighted by Crippen LogP contribution is -2.30. The summed E-state index contributed by atoms with van der Waals surface area (Å²) in [5.74, 6) is 0.462. The maximum atomic E-state index is 11.4. The van der Waals surface area contributed by atoms with Crippen LogP contribution in [0.4, 0.5) is 5.69 Å². The summed E-state index contributed by atoms with van der Waals surface area (Å²) in [6.07, 6.45) is 2.32. The molecule has 0 saturated heterocycles. The van der Waals surface area contributed by atoms with Crippen molar-refractivity contribution in [2.45, 2.75) is 12.8 Å². The van der Waals surface area contributed by atoms with Crippen LogP contribution >= 0.6 is 0 Å². The molecule has 0 heterocycles. The van der Waals surface area contributed by atoms with E-state index in [-0.39, 0.29) is 24.0 Å². The summed E-state index contributed by atoms with van der Waals surface area (Å²) < 4.78 is 5.16. The molecule has 6 nitrogen and oxygen atoms in total. The first kappa shape index (κ1) is 12.3. The largest absolute Gasteiger partial charge is 0.477 e. The average molecular weight is 250 g/mol. The van der Waals surface area contributed by atoms with Crippen molar-refractivity contribution in [3.05, 3.63) is 34.4 Å². The van der Waals surface area contributed by atoms with Crippen molar-refractivity contribution in [3.63, 3.8) is 0 Å². The van der Waals surface area contributed by atoms with Crippen molar-refractivity contribution in [2.24, 2.45) is 5.92 Å². The van der Waals surface area contributed by atoms with E-state index in [1.165, 1.54) is 12.1 Å². The third-order valence-corrected chi connectivity index (χ3v) is 2.71. The van der Waals surface area contributed by atoms with Gasteiger partial charge in [0.2, 0.25) is 0 Å². The van der Waals surface area contributed by atoms with Crippen LogP contribution in [0.5, 0.6) is 5.75 Å². The highest BCUT2D eigenvalue weighted by Gasteiger charge is 2.22. The highest BCUT2D eigenvalue weighted by atomic mass is 16.6. The highest BCUT2D eigenvalue weighted by molar-refractivity contribution is 5.77. The van der Waals surface area contributed by atoms with Gasteiger partial charge in [0.15, 0.2) is 12.4 Å². The minimum Gasteiger partial charge on any atom is -0.477 e. The van der Waals surface area contributed by atoms with Gasteiger partial charge >= 0.3 is 5.69 Å². The van der Waals surface area contributed by atoms with Crippen LogP contribution in [0.25, 0.3) is 0 Å². The minimum absolute atomic E-state index is 0.115. The number of rotatable bonds is 6. The predicted molar refractivity (Wildman–Crippen MR) is 64.3 cm³/mol. The predicted octanol–water partition coefficient (Wildman–Crippen LogP) is 1.50. The van der Waals surface area contributed by atoms with Gasteiger partial charge in [0.25, 0.3) is 5.91 Å². The van der Waals surface area contributed by atoms with Crippen molar-refractivity contribution < 1.29 is 14.5 Å². The van der Waals surface area contributed by atoms with Crippen molar-refractivity contribution in [1.82, 2.24) is 5.32 Å². The van der Waals surface area contributed by atoms with Crippen LogP contribution in [0.1, 0.15) is 12.8 Å². The molecule has 1 aromatic rings. The molecule has 1 N–H and O–H groups in total. The number of para-hydroxylation sites is 2. The quantitative estimate of drug-likeness (QED) is 0.612. The molecule has 0 radical (unpaired) electrons. The third-order valence-electron chi connectivity index (χ3n) is 2.71. The van der Waals surface area contributed by atoms with Crippen molar-refractivity contribution in [1.29, 1.82) is 0 Å². The van der Waals surface area contributed by atoms with Gasteiger partial charge < -0.3 is 10.1 Å². The van der Waals surface area contributed by atoms with Crippen LogP contribution in [0.15, 0.2) is 24.3 Å². The Morgan fingerprint density at radius 1 is 1.44 bits per heavy atom. The summed E-state index contributed by atoms with van der Waals surface area (Å²) in [6.45, 7) is 0.469. The maximum absolute atomic E-state index is 11.4. The normalized spacial score (nSPS) is 14.0. The lowest BCUT2D eigenvalue weighted by Gasteiger charge is -2.07. The lowest BCUT2D eigenvalue weighted by molar-refractivity contribution is -0.385. The molecule has 1 amide bonds. The van der Waals surface area contributed by atoms with E-state index in [1.807, 2.05) is 0 Å². The molecule has 0 unspecified atom stereocenters. The topological polar surface area (TPSA) is 81.5 Å². The molecule has 1 fully saturated rings. The van der Waals surface area contributed by atoms with Crippen molar-refractivity contribution >= 4 is 11.6 Å². The first-order chi connectivity index (χ1) is 8.66. The molecule has 1 saturated carbocycles. The average Bonchev–Trinajstić information content (AvgIpc) is 3.18. The van der Waals surface area contributed by atoms with Gasteiger partial charge in [-0.15, -0.1) is 0 Å². The molecular formula is C12H14N2O4. The second kappa shape index (κ2) is 5.48. The number of nitrogens with zero attached hydrogens (tertiary/aromatic N) is 1. The molecule has 2 rings (SSSR count). The number of nitro benzene ring substituents is 1. The van der Waals surface area contributed by atoms with Crippen LogP contribution in [0.3, 0.4) is 0 Å². The van der Waals surface area contributed by atoms with Gasteiger partial charge in [-0.25, -0.2) is 0 Å². The first-order valence-electron chi connectivity index (χ1n) is 5.79. The zero-order chi connectivity index (χ0) is 13.0. The maximum Gasteiger partial charge on any atom is 0.310 e. The van der Waals surface area contributed by atoms with E-state index < -0.39 is 4.92 Å². The number of carbonyl (C=O) groups is 1. The van der Waals surface area contributed by atoms with E-state index in [2.05, 4.69) is 5.32 Å². The van der Waals surface area contributed by atoms with E-state index in [4.69, 9.17) is 4.74 Å². The Morgan fingerprint density at radius 3 is 2.83 bits per heavy atom. The van der Waals surface area contributed by atoms with Crippen LogP contribution in [0.2, 0.25) is 0 Å². The molecule has 0 bridgehead atoms. The number of ether oxygens (including phenoxy) is 1. The van der Waals surface area contributed by atoms with Crippen LogP contribution in [-0.4, -0.2) is 24.0 Å². The summed E-state index contributed by atoms with van der Waals surface area (Å²) in [6, 6.07) is 6.01. The van der Waals surface area contributed by atoms with E-state index >= 15 is 0 Å². The SMILES string of the molecule is O=C(COc1ccccc1[N+](=O)[O-])NCC1CC1. The fraction of sp³-hybridized carbons (Fsp3) is 0.417. The molecule has 96 valence electrons. The van der Waals surface area contributed by atoms with E-state index in [9.17, 15) is 14.9 Å². The Labute approximate surface area is 104 Å². The molecule has 1 aliphatic carbocycles. The fourth-order valence-electron chi connectivity index (χ4n) is 1.50. The number of nitro groups is 1. The van der Waals surface area contributed by atoms with Crippen LogP contribution in [-0.2, 0) is 4.79 Å². The van der Waals surface area contributed by atoms with Crippen molar-refractivity contribution in [3.8, 4) is 5.75 Å². The molecule has 18 heavy (non-hydrogen) atoms. The van der Waals surface area contributed by atoms with Gasteiger partial charge in [0.1, 0.15) is 0 Å². The van der Waals surface area contributed by atoms with Gasteiger partial charge in [0.05, 0.1) is 4.92 Å². The van der Waals surface area contributed by atoms with Gasteiger partial charge in [0, 0.05) is 12.6 Å². The molecule has 1 aliphatic rings. The third kappa shape index (κ3) is 3.44. The number of hydrogen-bond donors (Lipinski definition) is 1. The zero-order valence-electron chi connectivity index (χ0n) is 9.80. The van der Waals surface area contributed by atoms with Crippen LogP contribution < -0.4 is 10.1 Å². The second-order valence-corrected chi connectivity index (χ2v) is 4.26. The Bertz CT molecular complexity index is 457. The molecule has 6 heteroatoms. The van der Waals surface area contributed by atoms with Gasteiger partial charge in [-0.05, 0) is 24.8 Å². The Hall–Kier alpha value is -2.11. The van der Waals surface area contributed by atoms with Gasteiger partial charge in [-0.3, -0.25) is 14.9 Å². The summed E-state index contributed by atoms with van der Waals surface area (Å²) in [4.78, 5) is 21.6. The number of benzene rings is 1. The van der Waals surface area contributed by atoms with Gasteiger partial charge in [-0.1, -0.05) is 12.1 Å². The van der Waals surface area contributed by atoms with E-state index in [1.54, 1.807) is 12.1 Å². The second-order valence-electron chi connectivity index (χ2n) is 4.26. The number of carbonyl (C=O) groups excluding carboxylic acids is 1. The fourth-order valence-corrected chi connectivity index (χ4v) is 1.50. The molecular weight excluding hydrogens is 236 g/mol. The monoisotopic (exact) mass is 250 g/mol. The minimum atomic E-state index is -0.530. The lowest BCUT2D eigenvalue weighted by atomic mass is 10.3. The number of amides is 1. The summed E-state index contributed by atoms with van der Waals surface area (Å²) >= 11 is 0. The smallest absolute Gasteiger partial charge is 0.310 e. The Morgan fingerprint density at radius 2 is 2.17 bits per heavy atom. The standard InChI is InChI=1S/C12H14N2O4/c15-12(13-7-9-5-6-9)8-18-11-4-2-1-3-10(11)14(16)17/h1-4,9H,5-8H2,(H,13,15). The van der Waals surface area contributed by atoms with Crippen LogP contribution in [0, 0.1) is 16.0 Å². The summed E-state index contributed by atoms with van der Waals surface area (Å²) in [7, 11) is 0.